The normalized spacial score (nSPS) is 15.9. The van der Waals surface area contributed by atoms with Gasteiger partial charge >= 0.3 is 0 Å². The number of aryl methyl sites for hydroxylation is 2. The van der Waals surface area contributed by atoms with Gasteiger partial charge in [-0.15, -0.1) is 0 Å². The minimum Gasteiger partial charge on any atom is -0.497 e. The molecule has 2 aromatic carbocycles. The Labute approximate surface area is 193 Å². The Morgan fingerprint density at radius 3 is 2.58 bits per heavy atom. The molecule has 0 radical (unpaired) electrons. The summed E-state index contributed by atoms with van der Waals surface area (Å²) in [6.45, 7) is 4.18. The Kier molecular flexibility index (Phi) is 6.58. The Morgan fingerprint density at radius 2 is 1.91 bits per heavy atom. The number of anilines is 2. The van der Waals surface area contributed by atoms with Gasteiger partial charge in [0, 0.05) is 18.7 Å². The van der Waals surface area contributed by atoms with Crippen LogP contribution >= 0.6 is 0 Å². The third-order valence-electron chi connectivity index (χ3n) is 5.84. The van der Waals surface area contributed by atoms with Gasteiger partial charge in [0.1, 0.15) is 17.1 Å². The van der Waals surface area contributed by atoms with Crippen LogP contribution in [0.3, 0.4) is 0 Å². The third kappa shape index (κ3) is 4.98. The van der Waals surface area contributed by atoms with E-state index >= 15 is 0 Å². The molecular weight excluding hydrogens is 418 g/mol. The van der Waals surface area contributed by atoms with Gasteiger partial charge in [0.05, 0.1) is 13.0 Å². The average molecular weight is 446 g/mol. The fourth-order valence-electron chi connectivity index (χ4n) is 3.81. The topological polar surface area (TPSA) is 84.7 Å². The summed E-state index contributed by atoms with van der Waals surface area (Å²) in [5.41, 5.74) is 4.02. The first-order valence-corrected chi connectivity index (χ1v) is 11.0. The summed E-state index contributed by atoms with van der Waals surface area (Å²) in [6.07, 6.45) is 4.78. The van der Waals surface area contributed by atoms with Crippen LogP contribution in [-0.2, 0) is 16.0 Å². The van der Waals surface area contributed by atoms with Gasteiger partial charge in [0.25, 0.3) is 0 Å². The summed E-state index contributed by atoms with van der Waals surface area (Å²) in [5.74, 6) is 0.562. The third-order valence-corrected chi connectivity index (χ3v) is 5.84. The van der Waals surface area contributed by atoms with Crippen LogP contribution in [0.15, 0.2) is 53.1 Å². The highest BCUT2D eigenvalue weighted by Gasteiger charge is 2.35. The fraction of sp³-hybridized carbons (Fsp3) is 0.269. The zero-order valence-electron chi connectivity index (χ0n) is 19.0. The van der Waals surface area contributed by atoms with Crippen LogP contribution in [0.4, 0.5) is 11.4 Å². The molecule has 1 atom stereocenters. The van der Waals surface area contributed by atoms with E-state index in [0.29, 0.717) is 23.7 Å². The largest absolute Gasteiger partial charge is 0.497 e. The van der Waals surface area contributed by atoms with Crippen LogP contribution in [0.5, 0.6) is 5.75 Å². The van der Waals surface area contributed by atoms with Gasteiger partial charge in [0.15, 0.2) is 5.76 Å². The van der Waals surface area contributed by atoms with E-state index in [0.717, 1.165) is 23.4 Å². The van der Waals surface area contributed by atoms with Crippen molar-refractivity contribution in [2.75, 3.05) is 23.9 Å². The van der Waals surface area contributed by atoms with E-state index in [1.807, 2.05) is 54.6 Å². The van der Waals surface area contributed by atoms with Crippen molar-refractivity contribution in [3.05, 3.63) is 71.1 Å². The minimum absolute atomic E-state index is 0.0546. The second-order valence-electron chi connectivity index (χ2n) is 8.02. The fourth-order valence-corrected chi connectivity index (χ4v) is 3.81. The first kappa shape index (κ1) is 22.3. The summed E-state index contributed by atoms with van der Waals surface area (Å²) < 4.78 is 10.5. The van der Waals surface area contributed by atoms with Gasteiger partial charge in [-0.3, -0.25) is 9.59 Å². The van der Waals surface area contributed by atoms with Crippen LogP contribution in [0.1, 0.15) is 35.9 Å². The molecule has 0 saturated carbocycles. The molecule has 0 bridgehead atoms. The Hall–Kier alpha value is -3.87. The molecule has 0 aliphatic carbocycles. The van der Waals surface area contributed by atoms with E-state index in [2.05, 4.69) is 17.4 Å². The summed E-state index contributed by atoms with van der Waals surface area (Å²) in [5, 5.41) is 6.98. The number of ether oxygens (including phenoxy) is 1. The molecular formula is C26H27N3O4. The van der Waals surface area contributed by atoms with E-state index in [-0.39, 0.29) is 18.2 Å². The Bertz CT molecular complexity index is 1160. The lowest BCUT2D eigenvalue weighted by molar-refractivity contribution is -0.122. The van der Waals surface area contributed by atoms with Crippen LogP contribution in [0, 0.1) is 12.8 Å². The second kappa shape index (κ2) is 9.73. The molecule has 7 nitrogen and oxygen atoms in total. The number of carbonyl (C=O) groups is 2. The molecule has 1 aliphatic rings. The summed E-state index contributed by atoms with van der Waals surface area (Å²) in [7, 11) is 1.62. The first-order chi connectivity index (χ1) is 16.0. The van der Waals surface area contributed by atoms with Crippen molar-refractivity contribution in [2.24, 2.45) is 5.92 Å². The number of aromatic nitrogens is 1. The number of benzene rings is 2. The maximum Gasteiger partial charge on any atom is 0.229 e. The summed E-state index contributed by atoms with van der Waals surface area (Å²) >= 11 is 0. The molecule has 2 heterocycles. The minimum atomic E-state index is -0.448. The van der Waals surface area contributed by atoms with Crippen molar-refractivity contribution in [1.82, 2.24) is 5.16 Å². The van der Waals surface area contributed by atoms with Gasteiger partial charge in [-0.25, -0.2) is 0 Å². The van der Waals surface area contributed by atoms with E-state index in [9.17, 15) is 9.59 Å². The highest BCUT2D eigenvalue weighted by Crippen LogP contribution is 2.28. The van der Waals surface area contributed by atoms with Crippen molar-refractivity contribution < 1.29 is 18.8 Å². The predicted octanol–water partition coefficient (Wildman–Crippen LogP) is 4.72. The van der Waals surface area contributed by atoms with Gasteiger partial charge < -0.3 is 19.5 Å². The lowest BCUT2D eigenvalue weighted by atomic mass is 10.1. The number of hydrogen-bond acceptors (Lipinski definition) is 5. The van der Waals surface area contributed by atoms with Crippen LogP contribution < -0.4 is 15.0 Å². The standard InChI is InChI=1S/C26H27N3O4/c1-4-18-5-10-21(11-6-18)29-16-20(15-24(29)30)26(31)27-25-17(2)33-28-23(25)14-9-19-7-12-22(32-3)13-8-19/h5-14,20H,4,15-16H2,1-3H3,(H,27,31). The van der Waals surface area contributed by atoms with E-state index in [1.54, 1.807) is 25.0 Å². The molecule has 1 saturated heterocycles. The van der Waals surface area contributed by atoms with Gasteiger partial charge in [0.2, 0.25) is 11.8 Å². The smallest absolute Gasteiger partial charge is 0.229 e. The van der Waals surface area contributed by atoms with Gasteiger partial charge in [-0.05, 0) is 54.8 Å². The number of carbonyl (C=O) groups excluding carboxylic acids is 2. The van der Waals surface area contributed by atoms with E-state index in [4.69, 9.17) is 9.26 Å². The number of nitrogens with one attached hydrogen (secondary N) is 1. The molecule has 4 rings (SSSR count). The Morgan fingerprint density at radius 1 is 1.18 bits per heavy atom. The van der Waals surface area contributed by atoms with Crippen molar-refractivity contribution in [3.63, 3.8) is 0 Å². The molecule has 1 N–H and O–H groups in total. The number of hydrogen-bond donors (Lipinski definition) is 1. The van der Waals surface area contributed by atoms with Crippen molar-refractivity contribution in [3.8, 4) is 5.75 Å². The molecule has 1 unspecified atom stereocenters. The maximum atomic E-state index is 13.0. The molecule has 2 amide bonds. The molecule has 170 valence electrons. The molecule has 1 aliphatic heterocycles. The highest BCUT2D eigenvalue weighted by molar-refractivity contribution is 6.04. The van der Waals surface area contributed by atoms with Gasteiger partial charge in [-0.1, -0.05) is 42.4 Å². The number of methoxy groups -OCH3 is 1. The van der Waals surface area contributed by atoms with Gasteiger partial charge in [-0.2, -0.15) is 0 Å². The lowest BCUT2D eigenvalue weighted by Crippen LogP contribution is -2.28. The molecule has 0 spiro atoms. The molecule has 1 aromatic heterocycles. The summed E-state index contributed by atoms with van der Waals surface area (Å²) in [4.78, 5) is 27.2. The number of rotatable bonds is 7. The zero-order valence-corrected chi connectivity index (χ0v) is 19.0. The number of nitrogens with zero attached hydrogens (tertiary/aromatic N) is 2. The molecule has 7 heteroatoms. The van der Waals surface area contributed by atoms with Crippen LogP contribution in [0.25, 0.3) is 12.2 Å². The van der Waals surface area contributed by atoms with Crippen molar-refractivity contribution >= 4 is 35.3 Å². The van der Waals surface area contributed by atoms with Crippen molar-refractivity contribution in [2.45, 2.75) is 26.7 Å². The SMILES string of the molecule is CCc1ccc(N2CC(C(=O)Nc3c(C=Cc4ccc(OC)cc4)noc3C)CC2=O)cc1. The Balaban J connectivity index is 1.44. The van der Waals surface area contributed by atoms with E-state index in [1.165, 1.54) is 5.56 Å². The second-order valence-corrected chi connectivity index (χ2v) is 8.02. The van der Waals surface area contributed by atoms with Crippen molar-refractivity contribution in [1.29, 1.82) is 0 Å². The quantitative estimate of drug-likeness (QED) is 0.569. The molecule has 33 heavy (non-hydrogen) atoms. The number of amides is 2. The van der Waals surface area contributed by atoms with Crippen LogP contribution in [0.2, 0.25) is 0 Å². The monoisotopic (exact) mass is 445 g/mol. The van der Waals surface area contributed by atoms with Crippen LogP contribution in [-0.4, -0.2) is 30.6 Å². The average Bonchev–Trinajstić information content (AvgIpc) is 3.40. The predicted molar refractivity (Wildman–Crippen MR) is 128 cm³/mol. The zero-order chi connectivity index (χ0) is 23.4. The molecule has 1 fully saturated rings. The highest BCUT2D eigenvalue weighted by atomic mass is 16.5. The van der Waals surface area contributed by atoms with E-state index < -0.39 is 5.92 Å². The molecule has 3 aromatic rings. The first-order valence-electron chi connectivity index (χ1n) is 11.0. The summed E-state index contributed by atoms with van der Waals surface area (Å²) in [6, 6.07) is 15.5. The lowest BCUT2D eigenvalue weighted by Gasteiger charge is -2.17. The maximum absolute atomic E-state index is 13.0.